The smallest absolute Gasteiger partial charge is 0.355 e. The van der Waals surface area contributed by atoms with Crippen LogP contribution in [-0.4, -0.2) is 67.2 Å². The van der Waals surface area contributed by atoms with Gasteiger partial charge in [0.15, 0.2) is 11.5 Å². The van der Waals surface area contributed by atoms with Gasteiger partial charge in [-0.1, -0.05) is 70.1 Å². The molecule has 1 saturated heterocycles. The highest BCUT2D eigenvalue weighted by Crippen LogP contribution is 2.44. The molecular formula is C20H17Cl5N2O5S2. The summed E-state index contributed by atoms with van der Waals surface area (Å²) in [6.07, 6.45) is 1.71. The predicted octanol–water partition coefficient (Wildman–Crippen LogP) is 5.03. The summed E-state index contributed by atoms with van der Waals surface area (Å²) in [6.45, 7) is 0.719. The first-order chi connectivity index (χ1) is 15.9. The molecule has 0 spiro atoms. The van der Waals surface area contributed by atoms with E-state index in [0.717, 1.165) is 0 Å². The van der Waals surface area contributed by atoms with Gasteiger partial charge in [0.1, 0.15) is 22.8 Å². The number of amides is 1. The fourth-order valence-electron chi connectivity index (χ4n) is 3.19. The molecule has 34 heavy (non-hydrogen) atoms. The van der Waals surface area contributed by atoms with Crippen LogP contribution in [-0.2, 0) is 23.9 Å². The van der Waals surface area contributed by atoms with Crippen molar-refractivity contribution in [2.75, 3.05) is 18.6 Å². The number of benzene rings is 1. The Hall–Kier alpha value is -0.810. The van der Waals surface area contributed by atoms with E-state index < -0.39 is 45.1 Å². The van der Waals surface area contributed by atoms with Crippen LogP contribution in [0.3, 0.4) is 0 Å². The minimum atomic E-state index is -1.84. The molecule has 2 aliphatic heterocycles. The van der Waals surface area contributed by atoms with Gasteiger partial charge in [0.05, 0.1) is 0 Å². The minimum Gasteiger partial charge on any atom is -0.456 e. The molecule has 3 atom stereocenters. The van der Waals surface area contributed by atoms with E-state index in [1.165, 1.54) is 35.3 Å². The van der Waals surface area contributed by atoms with Crippen molar-refractivity contribution in [3.63, 3.8) is 0 Å². The summed E-state index contributed by atoms with van der Waals surface area (Å²) in [7, 11) is 0. The molecule has 0 aromatic heterocycles. The summed E-state index contributed by atoms with van der Waals surface area (Å²) < 4.78 is 8.65. The van der Waals surface area contributed by atoms with Gasteiger partial charge in [-0.15, -0.1) is 23.5 Å². The second-order valence-corrected chi connectivity index (χ2v) is 12.3. The van der Waals surface area contributed by atoms with Crippen LogP contribution in [0.25, 0.3) is 0 Å². The fourth-order valence-corrected chi connectivity index (χ4v) is 5.88. The van der Waals surface area contributed by atoms with Crippen molar-refractivity contribution >= 4 is 105 Å². The third-order valence-electron chi connectivity index (χ3n) is 4.64. The lowest BCUT2D eigenvalue weighted by molar-refractivity contribution is -0.151. The minimum absolute atomic E-state index is 0.0577. The molecular weight excluding hydrogens is 590 g/mol. The van der Waals surface area contributed by atoms with Crippen LogP contribution >= 0.6 is 81.5 Å². The van der Waals surface area contributed by atoms with E-state index in [4.69, 9.17) is 67.5 Å². The number of hydrogen-bond donors (Lipinski definition) is 0. The first-order valence-electron chi connectivity index (χ1n) is 9.53. The Morgan fingerprint density at radius 2 is 1.94 bits per heavy atom. The van der Waals surface area contributed by atoms with Gasteiger partial charge in [0.2, 0.25) is 3.79 Å². The highest BCUT2D eigenvalue weighted by atomic mass is 35.6. The monoisotopic (exact) mass is 604 g/mol. The molecule has 0 aliphatic carbocycles. The van der Waals surface area contributed by atoms with Gasteiger partial charge in [-0.25, -0.2) is 4.79 Å². The summed E-state index contributed by atoms with van der Waals surface area (Å²) in [5.41, 5.74) is 0.124. The summed E-state index contributed by atoms with van der Waals surface area (Å²) >= 11 is 31.9. The van der Waals surface area contributed by atoms with Crippen molar-refractivity contribution in [1.82, 2.24) is 4.90 Å². The Bertz CT molecular complexity index is 1040. The van der Waals surface area contributed by atoms with Crippen molar-refractivity contribution in [3.8, 4) is 0 Å². The molecule has 0 saturated carbocycles. The molecule has 0 bridgehead atoms. The molecule has 2 aliphatic rings. The Kier molecular flexibility index (Phi) is 9.39. The lowest BCUT2D eigenvalue weighted by Crippen LogP contribution is -2.64. The van der Waals surface area contributed by atoms with E-state index in [9.17, 15) is 14.4 Å². The average molecular weight is 607 g/mol. The number of fused-ring (bicyclic) bond motifs is 1. The molecule has 184 valence electrons. The number of alkyl halides is 3. The van der Waals surface area contributed by atoms with Gasteiger partial charge in [-0.3, -0.25) is 19.5 Å². The largest absolute Gasteiger partial charge is 0.456 e. The Labute approximate surface area is 229 Å². The Balaban J connectivity index is 1.92. The Morgan fingerprint density at radius 3 is 2.50 bits per heavy atom. The van der Waals surface area contributed by atoms with Gasteiger partial charge in [-0.2, -0.15) is 0 Å². The average Bonchev–Trinajstić information content (AvgIpc) is 2.78. The van der Waals surface area contributed by atoms with E-state index >= 15 is 0 Å². The van der Waals surface area contributed by atoms with Gasteiger partial charge in [0, 0.05) is 28.8 Å². The SMILES string of the molecule is CSC(OC(C)=O)C1=C(C(=O)OCC(Cl)(Cl)Cl)N2C(=O)[C@H](N=C(Cl)c3ccc(Cl)cc3)[C@H]2SC1. The number of aliphatic imine (C=N–C) groups is 1. The molecule has 1 amide bonds. The van der Waals surface area contributed by atoms with Crippen LogP contribution in [0.1, 0.15) is 12.5 Å². The zero-order valence-electron chi connectivity index (χ0n) is 17.6. The number of rotatable bonds is 7. The first-order valence-corrected chi connectivity index (χ1v) is 13.8. The molecule has 1 aromatic rings. The molecule has 1 fully saturated rings. The quantitative estimate of drug-likeness (QED) is 0.142. The van der Waals surface area contributed by atoms with E-state index in [-0.39, 0.29) is 16.6 Å². The molecule has 1 unspecified atom stereocenters. The number of carbonyl (C=O) groups is 3. The van der Waals surface area contributed by atoms with Crippen molar-refractivity contribution in [2.24, 2.45) is 4.99 Å². The fraction of sp³-hybridized carbons (Fsp3) is 0.400. The van der Waals surface area contributed by atoms with Gasteiger partial charge in [0.25, 0.3) is 5.91 Å². The van der Waals surface area contributed by atoms with Gasteiger partial charge < -0.3 is 9.47 Å². The number of hydrogen-bond acceptors (Lipinski definition) is 8. The standard InChI is InChI=1S/C20H17Cl5N2O5S2/c1-9(28)32-19(33-2)12-7-34-17-13(26-15(22)10-3-5-11(21)6-4-10)16(29)27(17)14(12)18(30)31-8-20(23,24)25/h3-6,13,17,19H,7-8H2,1-2H3/t13-,17+,19?/m0/s1. The number of halogens is 5. The topological polar surface area (TPSA) is 85.3 Å². The summed E-state index contributed by atoms with van der Waals surface area (Å²) in [6, 6.07) is 5.85. The van der Waals surface area contributed by atoms with Crippen LogP contribution in [0.2, 0.25) is 5.02 Å². The lowest BCUT2D eigenvalue weighted by atomic mass is 10.0. The Morgan fingerprint density at radius 1 is 1.29 bits per heavy atom. The van der Waals surface area contributed by atoms with Gasteiger partial charge in [-0.05, 0) is 18.4 Å². The predicted molar refractivity (Wildman–Crippen MR) is 138 cm³/mol. The third kappa shape index (κ3) is 6.49. The summed E-state index contributed by atoms with van der Waals surface area (Å²) in [4.78, 5) is 43.3. The first kappa shape index (κ1) is 27.8. The maximum Gasteiger partial charge on any atom is 0.355 e. The molecule has 0 N–H and O–H groups in total. The number of esters is 2. The van der Waals surface area contributed by atoms with Crippen molar-refractivity contribution in [1.29, 1.82) is 0 Å². The molecule has 3 rings (SSSR count). The zero-order valence-corrected chi connectivity index (χ0v) is 23.0. The maximum absolute atomic E-state index is 13.1. The van der Waals surface area contributed by atoms with Crippen LogP contribution in [0.15, 0.2) is 40.5 Å². The second-order valence-electron chi connectivity index (χ2n) is 7.02. The highest BCUT2D eigenvalue weighted by molar-refractivity contribution is 8.01. The zero-order chi connectivity index (χ0) is 25.2. The van der Waals surface area contributed by atoms with Gasteiger partial charge >= 0.3 is 11.9 Å². The van der Waals surface area contributed by atoms with E-state index in [2.05, 4.69) is 4.99 Å². The summed E-state index contributed by atoms with van der Waals surface area (Å²) in [5.74, 6) is -1.61. The molecule has 2 heterocycles. The van der Waals surface area contributed by atoms with Crippen LogP contribution in [0.4, 0.5) is 0 Å². The van der Waals surface area contributed by atoms with Crippen LogP contribution in [0.5, 0.6) is 0 Å². The molecule has 0 radical (unpaired) electrons. The second kappa shape index (κ2) is 11.5. The van der Waals surface area contributed by atoms with Crippen LogP contribution in [0, 0.1) is 0 Å². The van der Waals surface area contributed by atoms with Crippen molar-refractivity contribution < 1.29 is 23.9 Å². The number of ether oxygens (including phenoxy) is 2. The maximum atomic E-state index is 13.1. The number of thioether (sulfide) groups is 2. The van der Waals surface area contributed by atoms with Crippen molar-refractivity contribution in [2.45, 2.75) is 27.6 Å². The van der Waals surface area contributed by atoms with E-state index in [1.54, 1.807) is 30.5 Å². The van der Waals surface area contributed by atoms with Crippen molar-refractivity contribution in [3.05, 3.63) is 46.1 Å². The molecule has 1 aromatic carbocycles. The van der Waals surface area contributed by atoms with E-state index in [1.807, 2.05) is 0 Å². The number of carbonyl (C=O) groups excluding carboxylic acids is 3. The normalized spacial score (nSPS) is 21.6. The number of nitrogens with zero attached hydrogens (tertiary/aromatic N) is 2. The highest BCUT2D eigenvalue weighted by Gasteiger charge is 2.55. The third-order valence-corrected chi connectivity index (χ3v) is 7.63. The molecule has 14 heteroatoms. The van der Waals surface area contributed by atoms with Crippen LogP contribution < -0.4 is 0 Å². The van der Waals surface area contributed by atoms with E-state index in [0.29, 0.717) is 16.2 Å². The summed E-state index contributed by atoms with van der Waals surface area (Å²) in [5, 5.41) is 0.147. The lowest BCUT2D eigenvalue weighted by Gasteiger charge is -2.48. The molecule has 7 nitrogen and oxygen atoms in total. The number of β-lactam (4-membered cyclic amide) rings is 1.